The molecule has 0 aromatic carbocycles. The van der Waals surface area contributed by atoms with Crippen molar-refractivity contribution in [3.63, 3.8) is 0 Å². The number of carbonyl (C=O) groups excluding carboxylic acids is 2. The van der Waals surface area contributed by atoms with Gasteiger partial charge in [0.05, 0.1) is 5.69 Å². The van der Waals surface area contributed by atoms with Crippen LogP contribution in [0.4, 0.5) is 0 Å². The molecule has 1 amide bonds. The summed E-state index contributed by atoms with van der Waals surface area (Å²) in [7, 11) is 0. The average molecular weight is 267 g/mol. The summed E-state index contributed by atoms with van der Waals surface area (Å²) < 4.78 is 3.90. The summed E-state index contributed by atoms with van der Waals surface area (Å²) in [6.07, 6.45) is 0.922. The third-order valence-corrected chi connectivity index (χ3v) is 3.71. The monoisotopic (exact) mass is 267 g/mol. The van der Waals surface area contributed by atoms with Crippen molar-refractivity contribution in [3.8, 4) is 0 Å². The Kier molecular flexibility index (Phi) is 3.47. The van der Waals surface area contributed by atoms with E-state index in [-0.39, 0.29) is 17.1 Å². The highest BCUT2D eigenvalue weighted by atomic mass is 32.1. The maximum Gasteiger partial charge on any atom is 0.267 e. The summed E-state index contributed by atoms with van der Waals surface area (Å²) in [5, 5.41) is 4.07. The average Bonchev–Trinajstić information content (AvgIpc) is 2.77. The number of amides is 1. The molecular formula is C12H17N3O2S. The number of rotatable bonds is 1. The predicted octanol–water partition coefficient (Wildman–Crippen LogP) is 1.64. The van der Waals surface area contributed by atoms with E-state index in [4.69, 9.17) is 0 Å². The van der Waals surface area contributed by atoms with Crippen LogP contribution in [-0.2, 0) is 10.2 Å². The Bertz CT molecular complexity index is 466. The Hall–Kier alpha value is -1.30. The molecular weight excluding hydrogens is 250 g/mol. The third kappa shape index (κ3) is 2.58. The number of likely N-dealkylation sites (tertiary alicyclic amines) is 1. The Balaban J connectivity index is 2.19. The van der Waals surface area contributed by atoms with Gasteiger partial charge in [0.2, 0.25) is 0 Å². The smallest absolute Gasteiger partial charge is 0.267 e. The molecule has 0 atom stereocenters. The van der Waals surface area contributed by atoms with E-state index in [2.05, 4.69) is 9.59 Å². The second kappa shape index (κ2) is 4.76. The first kappa shape index (κ1) is 13.1. The van der Waals surface area contributed by atoms with Gasteiger partial charge in [-0.15, -0.1) is 5.10 Å². The van der Waals surface area contributed by atoms with E-state index in [9.17, 15) is 9.59 Å². The van der Waals surface area contributed by atoms with Crippen LogP contribution < -0.4 is 0 Å². The van der Waals surface area contributed by atoms with Crippen molar-refractivity contribution in [2.24, 2.45) is 0 Å². The minimum atomic E-state index is -0.191. The highest BCUT2D eigenvalue weighted by Crippen LogP contribution is 2.27. The molecule has 1 aromatic rings. The van der Waals surface area contributed by atoms with Crippen LogP contribution in [0.25, 0.3) is 0 Å². The summed E-state index contributed by atoms with van der Waals surface area (Å²) in [5.41, 5.74) is 0.554. The topological polar surface area (TPSA) is 63.2 Å². The van der Waals surface area contributed by atoms with E-state index >= 15 is 0 Å². The van der Waals surface area contributed by atoms with Gasteiger partial charge >= 0.3 is 0 Å². The molecule has 18 heavy (non-hydrogen) atoms. The van der Waals surface area contributed by atoms with Gasteiger partial charge in [-0.05, 0) is 11.5 Å². The maximum atomic E-state index is 12.4. The molecule has 1 saturated heterocycles. The molecule has 1 aliphatic heterocycles. The lowest BCUT2D eigenvalue weighted by atomic mass is 9.91. The predicted molar refractivity (Wildman–Crippen MR) is 68.8 cm³/mol. The van der Waals surface area contributed by atoms with Gasteiger partial charge in [0.1, 0.15) is 10.7 Å². The molecule has 5 nitrogen and oxygen atoms in total. The van der Waals surface area contributed by atoms with Crippen LogP contribution in [0.2, 0.25) is 0 Å². The molecule has 1 aliphatic rings. The highest BCUT2D eigenvalue weighted by Gasteiger charge is 2.30. The van der Waals surface area contributed by atoms with Crippen molar-refractivity contribution < 1.29 is 9.59 Å². The van der Waals surface area contributed by atoms with Crippen LogP contribution in [0.1, 0.15) is 49.0 Å². The maximum absolute atomic E-state index is 12.4. The molecule has 0 saturated carbocycles. The molecule has 0 spiro atoms. The van der Waals surface area contributed by atoms with Crippen molar-refractivity contribution in [1.82, 2.24) is 14.5 Å². The summed E-state index contributed by atoms with van der Waals surface area (Å²) in [5.74, 6) is 0.194. The van der Waals surface area contributed by atoms with Gasteiger partial charge in [0.15, 0.2) is 0 Å². The number of hydrogen-bond acceptors (Lipinski definition) is 5. The van der Waals surface area contributed by atoms with Crippen molar-refractivity contribution in [2.45, 2.75) is 39.0 Å². The number of ketones is 1. The van der Waals surface area contributed by atoms with Crippen LogP contribution in [-0.4, -0.2) is 39.3 Å². The molecule has 2 rings (SSSR count). The Morgan fingerprint density at radius 3 is 2.44 bits per heavy atom. The summed E-state index contributed by atoms with van der Waals surface area (Å²) in [4.78, 5) is 25.9. The zero-order valence-electron chi connectivity index (χ0n) is 10.9. The quantitative estimate of drug-likeness (QED) is 0.776. The Morgan fingerprint density at radius 1 is 1.28 bits per heavy atom. The van der Waals surface area contributed by atoms with Crippen LogP contribution in [0.15, 0.2) is 0 Å². The standard InChI is InChI=1S/C12H17N3O2S/c1-12(2,3)10-9(18-14-13-10)11(17)15-6-4-8(16)5-7-15/h4-7H2,1-3H3. The minimum absolute atomic E-state index is 0.0394. The van der Waals surface area contributed by atoms with Gasteiger partial charge in [0.25, 0.3) is 5.91 Å². The molecule has 0 unspecified atom stereocenters. The number of Topliss-reactive ketones (excluding diaryl/α,β-unsaturated/α-hetero) is 1. The molecule has 98 valence electrons. The fourth-order valence-corrected chi connectivity index (χ4v) is 2.77. The summed E-state index contributed by atoms with van der Waals surface area (Å²) in [6, 6.07) is 0. The zero-order chi connectivity index (χ0) is 13.3. The molecule has 6 heteroatoms. The van der Waals surface area contributed by atoms with E-state index in [1.165, 1.54) is 0 Å². The van der Waals surface area contributed by atoms with Crippen molar-refractivity contribution in [3.05, 3.63) is 10.6 Å². The van der Waals surface area contributed by atoms with E-state index in [0.29, 0.717) is 30.8 Å². The van der Waals surface area contributed by atoms with Crippen LogP contribution in [0.5, 0.6) is 0 Å². The van der Waals surface area contributed by atoms with Crippen LogP contribution in [0, 0.1) is 0 Å². The Morgan fingerprint density at radius 2 is 1.89 bits per heavy atom. The first-order chi connectivity index (χ1) is 8.39. The lowest BCUT2D eigenvalue weighted by molar-refractivity contribution is -0.120. The van der Waals surface area contributed by atoms with Crippen LogP contribution >= 0.6 is 11.5 Å². The van der Waals surface area contributed by atoms with E-state index in [0.717, 1.165) is 17.2 Å². The van der Waals surface area contributed by atoms with Crippen LogP contribution in [0.3, 0.4) is 0 Å². The molecule has 0 radical (unpaired) electrons. The second-order valence-corrected chi connectivity index (χ2v) is 6.29. The molecule has 0 N–H and O–H groups in total. The van der Waals surface area contributed by atoms with Crippen molar-refractivity contribution >= 4 is 23.2 Å². The zero-order valence-corrected chi connectivity index (χ0v) is 11.7. The molecule has 2 heterocycles. The summed E-state index contributed by atoms with van der Waals surface area (Å²) in [6.45, 7) is 7.07. The normalized spacial score (nSPS) is 17.1. The number of aromatic nitrogens is 2. The highest BCUT2D eigenvalue weighted by molar-refractivity contribution is 7.08. The largest absolute Gasteiger partial charge is 0.337 e. The lowest BCUT2D eigenvalue weighted by Crippen LogP contribution is -2.39. The van der Waals surface area contributed by atoms with Gasteiger partial charge in [-0.1, -0.05) is 25.3 Å². The summed E-state index contributed by atoms with van der Waals surface area (Å²) >= 11 is 1.14. The van der Waals surface area contributed by atoms with E-state index in [1.807, 2.05) is 20.8 Å². The lowest BCUT2D eigenvalue weighted by Gasteiger charge is -2.26. The van der Waals surface area contributed by atoms with E-state index in [1.54, 1.807) is 4.90 Å². The van der Waals surface area contributed by atoms with Gasteiger partial charge in [-0.2, -0.15) is 0 Å². The van der Waals surface area contributed by atoms with Crippen molar-refractivity contribution in [1.29, 1.82) is 0 Å². The van der Waals surface area contributed by atoms with Gasteiger partial charge in [0, 0.05) is 31.3 Å². The number of piperidine rings is 1. The van der Waals surface area contributed by atoms with Gasteiger partial charge < -0.3 is 4.90 Å². The minimum Gasteiger partial charge on any atom is -0.337 e. The number of carbonyl (C=O) groups is 2. The first-order valence-corrected chi connectivity index (χ1v) is 6.81. The fourth-order valence-electron chi connectivity index (χ4n) is 1.92. The van der Waals surface area contributed by atoms with Gasteiger partial charge in [-0.3, -0.25) is 9.59 Å². The fraction of sp³-hybridized carbons (Fsp3) is 0.667. The second-order valence-electron chi connectivity index (χ2n) is 5.53. The molecule has 1 aromatic heterocycles. The number of hydrogen-bond donors (Lipinski definition) is 0. The SMILES string of the molecule is CC(C)(C)c1nnsc1C(=O)N1CCC(=O)CC1. The van der Waals surface area contributed by atoms with E-state index < -0.39 is 0 Å². The number of nitrogens with zero attached hydrogens (tertiary/aromatic N) is 3. The first-order valence-electron chi connectivity index (χ1n) is 6.03. The molecule has 1 fully saturated rings. The van der Waals surface area contributed by atoms with Crippen molar-refractivity contribution in [2.75, 3.05) is 13.1 Å². The molecule has 0 aliphatic carbocycles. The van der Waals surface area contributed by atoms with Gasteiger partial charge in [-0.25, -0.2) is 0 Å². The molecule has 0 bridgehead atoms. The third-order valence-electron chi connectivity index (χ3n) is 3.00. The Labute approximate surface area is 110 Å².